The summed E-state index contributed by atoms with van der Waals surface area (Å²) >= 11 is 10.9. The third-order valence-electron chi connectivity index (χ3n) is 0.827. The van der Waals surface area contributed by atoms with Crippen LogP contribution in [0.2, 0.25) is 10.0 Å². The molecule has 0 fully saturated rings. The minimum Gasteiger partial charge on any atom is -0.207 e. The van der Waals surface area contributed by atoms with Crippen LogP contribution in [0.1, 0.15) is 27.7 Å². The molecule has 0 nitrogen and oxygen atoms in total. The highest BCUT2D eigenvalue weighted by Gasteiger charge is 1.94. The highest BCUT2D eigenvalue weighted by molar-refractivity contribution is 6.34. The lowest BCUT2D eigenvalue weighted by atomic mass is 10.3. The van der Waals surface area contributed by atoms with Gasteiger partial charge in [-0.05, 0) is 18.2 Å². The third kappa shape index (κ3) is 8.07. The summed E-state index contributed by atoms with van der Waals surface area (Å²) in [6, 6.07) is 3.88. The quantitative estimate of drug-likeness (QED) is 0.570. The number of halogens is 3. The molecule has 0 atom stereocenters. The van der Waals surface area contributed by atoms with Crippen LogP contribution < -0.4 is 0 Å². The molecule has 0 aliphatic rings. The van der Waals surface area contributed by atoms with E-state index in [0.717, 1.165) is 0 Å². The highest BCUT2D eigenvalue weighted by Crippen LogP contribution is 2.17. The Labute approximate surface area is 89.7 Å². The fraction of sp³-hybridized carbons (Fsp3) is 0.400. The van der Waals surface area contributed by atoms with Crippen LogP contribution in [0, 0.1) is 5.82 Å². The van der Waals surface area contributed by atoms with Gasteiger partial charge < -0.3 is 0 Å². The number of rotatable bonds is 0. The van der Waals surface area contributed by atoms with Gasteiger partial charge in [0.05, 0.1) is 0 Å². The van der Waals surface area contributed by atoms with Gasteiger partial charge in [-0.2, -0.15) is 0 Å². The van der Waals surface area contributed by atoms with Gasteiger partial charge in [-0.1, -0.05) is 50.9 Å². The Morgan fingerprint density at radius 3 is 1.38 bits per heavy atom. The normalized spacial score (nSPS) is 7.62. The van der Waals surface area contributed by atoms with Gasteiger partial charge in [-0.15, -0.1) is 0 Å². The van der Waals surface area contributed by atoms with E-state index in [1.807, 2.05) is 27.7 Å². The summed E-state index contributed by atoms with van der Waals surface area (Å²) in [6.45, 7) is 8.00. The van der Waals surface area contributed by atoms with Crippen molar-refractivity contribution in [3.05, 3.63) is 34.1 Å². The molecular formula is C10H15Cl2F. The molecule has 3 heteroatoms. The van der Waals surface area contributed by atoms with Gasteiger partial charge in [0.15, 0.2) is 0 Å². The van der Waals surface area contributed by atoms with Crippen molar-refractivity contribution in [2.45, 2.75) is 27.7 Å². The molecule has 1 rings (SSSR count). The first-order valence-corrected chi connectivity index (χ1v) is 5.05. The molecule has 0 saturated heterocycles. The number of hydrogen-bond donors (Lipinski definition) is 0. The van der Waals surface area contributed by atoms with Crippen molar-refractivity contribution in [1.82, 2.24) is 0 Å². The Bertz CT molecular complexity index is 174. The van der Waals surface area contributed by atoms with E-state index in [1.165, 1.54) is 18.2 Å². The van der Waals surface area contributed by atoms with Gasteiger partial charge >= 0.3 is 0 Å². The fourth-order valence-corrected chi connectivity index (χ4v) is 1.02. The molecule has 0 saturated carbocycles. The standard InChI is InChI=1S/C6H3Cl2F.2C2H6/c7-4-1-5(8)3-6(9)2-4;2*1-2/h1-3H;2*1-2H3. The second-order valence-corrected chi connectivity index (χ2v) is 2.46. The molecule has 0 aliphatic heterocycles. The van der Waals surface area contributed by atoms with E-state index in [1.54, 1.807) is 0 Å². The zero-order chi connectivity index (χ0) is 10.9. The first-order chi connectivity index (χ1) is 6.18. The van der Waals surface area contributed by atoms with E-state index in [-0.39, 0.29) is 0 Å². The van der Waals surface area contributed by atoms with Crippen molar-refractivity contribution < 1.29 is 4.39 Å². The number of hydrogen-bond acceptors (Lipinski definition) is 0. The second-order valence-electron chi connectivity index (χ2n) is 1.59. The van der Waals surface area contributed by atoms with Gasteiger partial charge in [0.2, 0.25) is 0 Å². The first kappa shape index (κ1) is 15.2. The summed E-state index contributed by atoms with van der Waals surface area (Å²) in [5.41, 5.74) is 0. The molecule has 1 aromatic rings. The first-order valence-electron chi connectivity index (χ1n) is 4.30. The SMILES string of the molecule is CC.CC.Fc1cc(Cl)cc(Cl)c1. The maximum atomic E-state index is 12.3. The Hall–Kier alpha value is -0.270. The van der Waals surface area contributed by atoms with Crippen LogP contribution in [-0.2, 0) is 0 Å². The summed E-state index contributed by atoms with van der Waals surface area (Å²) in [4.78, 5) is 0. The maximum Gasteiger partial charge on any atom is 0.126 e. The lowest BCUT2D eigenvalue weighted by Crippen LogP contribution is -1.71. The van der Waals surface area contributed by atoms with Crippen molar-refractivity contribution in [3.8, 4) is 0 Å². The zero-order valence-corrected chi connectivity index (χ0v) is 9.88. The fourth-order valence-electron chi connectivity index (χ4n) is 0.520. The smallest absolute Gasteiger partial charge is 0.126 e. The molecule has 13 heavy (non-hydrogen) atoms. The predicted molar refractivity (Wildman–Crippen MR) is 59.1 cm³/mol. The largest absolute Gasteiger partial charge is 0.207 e. The van der Waals surface area contributed by atoms with E-state index >= 15 is 0 Å². The molecule has 0 aromatic heterocycles. The molecular weight excluding hydrogens is 210 g/mol. The molecule has 0 unspecified atom stereocenters. The molecule has 1 aromatic carbocycles. The average molecular weight is 225 g/mol. The second kappa shape index (κ2) is 9.82. The van der Waals surface area contributed by atoms with Gasteiger partial charge in [0.1, 0.15) is 5.82 Å². The topological polar surface area (TPSA) is 0 Å². The van der Waals surface area contributed by atoms with E-state index in [2.05, 4.69) is 0 Å². The molecule has 0 radical (unpaired) electrons. The minimum atomic E-state index is -0.410. The van der Waals surface area contributed by atoms with Crippen LogP contribution in [-0.4, -0.2) is 0 Å². The summed E-state index contributed by atoms with van der Waals surface area (Å²) in [7, 11) is 0. The molecule has 0 bridgehead atoms. The van der Waals surface area contributed by atoms with E-state index in [9.17, 15) is 4.39 Å². The van der Waals surface area contributed by atoms with Gasteiger partial charge in [-0.25, -0.2) is 4.39 Å². The van der Waals surface area contributed by atoms with E-state index < -0.39 is 5.82 Å². The van der Waals surface area contributed by atoms with E-state index in [4.69, 9.17) is 23.2 Å². The van der Waals surface area contributed by atoms with Crippen LogP contribution >= 0.6 is 23.2 Å². The Balaban J connectivity index is 0. The summed E-state index contributed by atoms with van der Waals surface area (Å²) in [5, 5.41) is 0.639. The third-order valence-corrected chi connectivity index (χ3v) is 1.26. The molecule has 0 heterocycles. The predicted octanol–water partition coefficient (Wildman–Crippen LogP) is 5.18. The zero-order valence-electron chi connectivity index (χ0n) is 8.37. The van der Waals surface area contributed by atoms with E-state index in [0.29, 0.717) is 10.0 Å². The number of benzene rings is 1. The van der Waals surface area contributed by atoms with Crippen molar-refractivity contribution in [3.63, 3.8) is 0 Å². The molecule has 0 aliphatic carbocycles. The Kier molecular flexibility index (Phi) is 11.5. The lowest BCUT2D eigenvalue weighted by molar-refractivity contribution is 0.628. The Morgan fingerprint density at radius 1 is 0.846 bits per heavy atom. The highest BCUT2D eigenvalue weighted by atomic mass is 35.5. The van der Waals surface area contributed by atoms with Crippen molar-refractivity contribution in [1.29, 1.82) is 0 Å². The van der Waals surface area contributed by atoms with Crippen LogP contribution in [0.4, 0.5) is 4.39 Å². The molecule has 0 N–H and O–H groups in total. The maximum absolute atomic E-state index is 12.3. The van der Waals surface area contributed by atoms with Gasteiger partial charge in [0, 0.05) is 10.0 Å². The van der Waals surface area contributed by atoms with Gasteiger partial charge in [0.25, 0.3) is 0 Å². The van der Waals surface area contributed by atoms with Crippen molar-refractivity contribution in [2.75, 3.05) is 0 Å². The summed E-state index contributed by atoms with van der Waals surface area (Å²) in [5.74, 6) is -0.410. The van der Waals surface area contributed by atoms with Crippen molar-refractivity contribution >= 4 is 23.2 Å². The van der Waals surface area contributed by atoms with Crippen LogP contribution in [0.25, 0.3) is 0 Å². The van der Waals surface area contributed by atoms with Gasteiger partial charge in [-0.3, -0.25) is 0 Å². The lowest BCUT2D eigenvalue weighted by Gasteiger charge is -1.90. The van der Waals surface area contributed by atoms with Crippen LogP contribution in [0.15, 0.2) is 18.2 Å². The molecule has 0 spiro atoms. The van der Waals surface area contributed by atoms with Crippen LogP contribution in [0.3, 0.4) is 0 Å². The molecule has 0 amide bonds. The minimum absolute atomic E-state index is 0.319. The summed E-state index contributed by atoms with van der Waals surface area (Å²) < 4.78 is 12.3. The average Bonchev–Trinajstić information content (AvgIpc) is 2.09. The molecule has 76 valence electrons. The van der Waals surface area contributed by atoms with Crippen LogP contribution in [0.5, 0.6) is 0 Å². The Morgan fingerprint density at radius 2 is 1.15 bits per heavy atom. The van der Waals surface area contributed by atoms with Crippen molar-refractivity contribution in [2.24, 2.45) is 0 Å². The summed E-state index contributed by atoms with van der Waals surface area (Å²) in [6.07, 6.45) is 0. The monoisotopic (exact) mass is 224 g/mol.